The molecule has 0 unspecified atom stereocenters. The minimum atomic E-state index is -0.722. The summed E-state index contributed by atoms with van der Waals surface area (Å²) in [5, 5.41) is 1.77. The van der Waals surface area contributed by atoms with Gasteiger partial charge in [0.15, 0.2) is 6.61 Å². The molecule has 1 saturated heterocycles. The van der Waals surface area contributed by atoms with E-state index in [1.54, 1.807) is 17.5 Å². The molecule has 5 aliphatic rings. The Labute approximate surface area is 153 Å². The monoisotopic (exact) mass is 371 g/mol. The van der Waals surface area contributed by atoms with Gasteiger partial charge < -0.3 is 4.74 Å². The van der Waals surface area contributed by atoms with Crippen molar-refractivity contribution in [2.75, 3.05) is 13.2 Å². The lowest BCUT2D eigenvalue weighted by Crippen LogP contribution is -2.40. The van der Waals surface area contributed by atoms with Gasteiger partial charge in [-0.05, 0) is 41.5 Å². The van der Waals surface area contributed by atoms with Crippen molar-refractivity contribution in [2.24, 2.45) is 35.5 Å². The van der Waals surface area contributed by atoms with Gasteiger partial charge in [0.25, 0.3) is 0 Å². The number of imide groups is 1. The van der Waals surface area contributed by atoms with Gasteiger partial charge in [0, 0.05) is 0 Å². The Hall–Kier alpha value is -2.28. The van der Waals surface area contributed by atoms with Crippen molar-refractivity contribution in [1.82, 2.24) is 4.90 Å². The molecular weight excluding hydrogens is 354 g/mol. The van der Waals surface area contributed by atoms with Crippen LogP contribution in [0.4, 0.5) is 0 Å². The highest BCUT2D eigenvalue weighted by Crippen LogP contribution is 2.65. The SMILES string of the molecule is O=C(CN1C(=O)[C@@H]2[C@H]3C=C[C@@H]([C@@H]4C[C@@H]34)[C@H]2C1=O)OCC(=O)c1cccs1. The maximum Gasteiger partial charge on any atom is 0.326 e. The van der Waals surface area contributed by atoms with Crippen molar-refractivity contribution in [3.05, 3.63) is 34.5 Å². The molecule has 134 valence electrons. The van der Waals surface area contributed by atoms with Crippen molar-refractivity contribution in [3.8, 4) is 0 Å². The Morgan fingerprint density at radius 1 is 1.12 bits per heavy atom. The van der Waals surface area contributed by atoms with Crippen LogP contribution in [0.5, 0.6) is 0 Å². The minimum absolute atomic E-state index is 0.132. The predicted octanol–water partition coefficient (Wildman–Crippen LogP) is 1.53. The van der Waals surface area contributed by atoms with Crippen molar-refractivity contribution in [2.45, 2.75) is 6.42 Å². The van der Waals surface area contributed by atoms with E-state index in [9.17, 15) is 19.2 Å². The highest BCUT2D eigenvalue weighted by atomic mass is 32.1. The van der Waals surface area contributed by atoms with Crippen LogP contribution < -0.4 is 0 Å². The third kappa shape index (κ3) is 2.23. The Kier molecular flexibility index (Phi) is 3.44. The average molecular weight is 371 g/mol. The second-order valence-corrected chi connectivity index (χ2v) is 8.43. The molecule has 7 heteroatoms. The molecule has 1 aromatic heterocycles. The normalized spacial score (nSPS) is 36.1. The van der Waals surface area contributed by atoms with E-state index in [4.69, 9.17) is 4.74 Å². The fourth-order valence-corrected chi connectivity index (χ4v) is 5.65. The topological polar surface area (TPSA) is 80.8 Å². The van der Waals surface area contributed by atoms with Crippen LogP contribution in [0, 0.1) is 35.5 Å². The summed E-state index contributed by atoms with van der Waals surface area (Å²) in [5.74, 6) is -0.845. The summed E-state index contributed by atoms with van der Waals surface area (Å²) in [7, 11) is 0. The molecule has 1 aliphatic heterocycles. The molecule has 0 aromatic carbocycles. The van der Waals surface area contributed by atoms with E-state index in [1.165, 1.54) is 11.3 Å². The van der Waals surface area contributed by atoms with Crippen LogP contribution in [0.25, 0.3) is 0 Å². The molecule has 3 fully saturated rings. The molecule has 2 bridgehead atoms. The molecule has 2 heterocycles. The quantitative estimate of drug-likeness (QED) is 0.339. The number of carbonyl (C=O) groups excluding carboxylic acids is 4. The summed E-state index contributed by atoms with van der Waals surface area (Å²) >= 11 is 1.28. The van der Waals surface area contributed by atoms with Crippen LogP contribution in [-0.4, -0.2) is 41.6 Å². The summed E-state index contributed by atoms with van der Waals surface area (Å²) in [6.45, 7) is -0.781. The standard InChI is InChI=1S/C19H17NO5S/c21-13(14-2-1-5-26-14)8-25-15(22)7-20-18(23)16-9-3-4-10(12-6-11(9)12)17(16)19(20)24/h1-5,9-12,16-17H,6-8H2/t9-,10-,11-,12-,16+,17+/m0/s1. The van der Waals surface area contributed by atoms with Crippen LogP contribution >= 0.6 is 11.3 Å². The number of rotatable bonds is 5. The molecule has 6 rings (SSSR count). The van der Waals surface area contributed by atoms with E-state index in [2.05, 4.69) is 12.2 Å². The van der Waals surface area contributed by atoms with E-state index in [-0.39, 0.29) is 47.9 Å². The molecule has 0 spiro atoms. The number of carbonyl (C=O) groups is 4. The fourth-order valence-electron chi connectivity index (χ4n) is 5.00. The number of amides is 2. The number of hydrogen-bond donors (Lipinski definition) is 0. The van der Waals surface area contributed by atoms with E-state index >= 15 is 0 Å². The minimum Gasteiger partial charge on any atom is -0.456 e. The molecule has 6 nitrogen and oxygen atoms in total. The lowest BCUT2D eigenvalue weighted by molar-refractivity contribution is -0.152. The van der Waals surface area contributed by atoms with Crippen LogP contribution in [0.2, 0.25) is 0 Å². The Morgan fingerprint density at radius 2 is 1.77 bits per heavy atom. The summed E-state index contributed by atoms with van der Waals surface area (Å²) < 4.78 is 5.00. The maximum absolute atomic E-state index is 12.8. The first-order valence-corrected chi connectivity index (χ1v) is 9.70. The molecule has 26 heavy (non-hydrogen) atoms. The van der Waals surface area contributed by atoms with E-state index < -0.39 is 12.5 Å². The number of ether oxygens (including phenoxy) is 1. The van der Waals surface area contributed by atoms with Crippen LogP contribution in [-0.2, 0) is 19.1 Å². The zero-order chi connectivity index (χ0) is 18.0. The number of nitrogens with zero attached hydrogens (tertiary/aromatic N) is 1. The van der Waals surface area contributed by atoms with Gasteiger partial charge in [0.2, 0.25) is 17.6 Å². The molecule has 2 saturated carbocycles. The van der Waals surface area contributed by atoms with Crippen molar-refractivity contribution in [1.29, 1.82) is 0 Å². The molecule has 0 radical (unpaired) electrons. The molecule has 6 atom stereocenters. The highest BCUT2D eigenvalue weighted by molar-refractivity contribution is 7.12. The van der Waals surface area contributed by atoms with Gasteiger partial charge in [0.05, 0.1) is 16.7 Å². The molecule has 1 aromatic rings. The predicted molar refractivity (Wildman–Crippen MR) is 91.0 cm³/mol. The van der Waals surface area contributed by atoms with E-state index in [0.717, 1.165) is 11.3 Å². The molecule has 4 aliphatic carbocycles. The van der Waals surface area contributed by atoms with Crippen molar-refractivity contribution >= 4 is 34.9 Å². The number of Topliss-reactive ketones (excluding diaryl/α,β-unsaturated/α-hetero) is 1. The molecule has 0 N–H and O–H groups in total. The zero-order valence-corrected chi connectivity index (χ0v) is 14.7. The van der Waals surface area contributed by atoms with Gasteiger partial charge in [-0.2, -0.15) is 0 Å². The number of likely N-dealkylation sites (tertiary alicyclic amines) is 1. The zero-order valence-electron chi connectivity index (χ0n) is 13.9. The van der Waals surface area contributed by atoms with Crippen LogP contribution in [0.1, 0.15) is 16.1 Å². The lowest BCUT2D eigenvalue weighted by atomic mass is 9.63. The van der Waals surface area contributed by atoms with E-state index in [1.807, 2.05) is 0 Å². The second-order valence-electron chi connectivity index (χ2n) is 7.48. The highest BCUT2D eigenvalue weighted by Gasteiger charge is 2.67. The number of esters is 1. The van der Waals surface area contributed by atoms with Crippen molar-refractivity contribution < 1.29 is 23.9 Å². The van der Waals surface area contributed by atoms with Gasteiger partial charge in [-0.15, -0.1) is 11.3 Å². The largest absolute Gasteiger partial charge is 0.456 e. The third-order valence-electron chi connectivity index (χ3n) is 6.20. The van der Waals surface area contributed by atoms with Gasteiger partial charge in [-0.1, -0.05) is 18.2 Å². The average Bonchev–Trinajstić information content (AvgIpc) is 3.23. The Bertz CT molecular complexity index is 808. The summed E-state index contributed by atoms with van der Waals surface area (Å²) in [4.78, 5) is 51.1. The second kappa shape index (κ2) is 5.61. The van der Waals surface area contributed by atoms with Gasteiger partial charge in [-0.3, -0.25) is 24.1 Å². The Morgan fingerprint density at radius 3 is 2.35 bits per heavy atom. The number of hydrogen-bond acceptors (Lipinski definition) is 6. The summed E-state index contributed by atoms with van der Waals surface area (Å²) in [5.41, 5.74) is 0. The first kappa shape index (κ1) is 15.9. The third-order valence-corrected chi connectivity index (χ3v) is 7.11. The van der Waals surface area contributed by atoms with Gasteiger partial charge >= 0.3 is 5.97 Å². The number of allylic oxidation sites excluding steroid dienone is 2. The van der Waals surface area contributed by atoms with Crippen LogP contribution in [0.3, 0.4) is 0 Å². The Balaban J connectivity index is 1.24. The maximum atomic E-state index is 12.8. The summed E-state index contributed by atoms with van der Waals surface area (Å²) in [6.07, 6.45) is 5.28. The fraction of sp³-hybridized carbons (Fsp3) is 0.474. The number of ketones is 1. The van der Waals surface area contributed by atoms with Crippen molar-refractivity contribution in [3.63, 3.8) is 0 Å². The van der Waals surface area contributed by atoms with Gasteiger partial charge in [0.1, 0.15) is 6.54 Å². The summed E-state index contributed by atoms with van der Waals surface area (Å²) in [6, 6.07) is 3.41. The number of thiophene rings is 1. The lowest BCUT2D eigenvalue weighted by Gasteiger charge is -2.37. The van der Waals surface area contributed by atoms with E-state index in [0.29, 0.717) is 16.7 Å². The van der Waals surface area contributed by atoms with Crippen LogP contribution in [0.15, 0.2) is 29.7 Å². The first-order valence-electron chi connectivity index (χ1n) is 8.82. The molecule has 2 amide bonds. The smallest absolute Gasteiger partial charge is 0.326 e. The first-order chi connectivity index (χ1) is 12.6. The molecular formula is C19H17NO5S. The van der Waals surface area contributed by atoms with Gasteiger partial charge in [-0.25, -0.2) is 0 Å².